The van der Waals surface area contributed by atoms with Gasteiger partial charge >= 0.3 is 0 Å². The second-order valence-corrected chi connectivity index (χ2v) is 2.19. The van der Waals surface area contributed by atoms with Crippen molar-refractivity contribution in [3.8, 4) is 0 Å². The van der Waals surface area contributed by atoms with Gasteiger partial charge in [0.15, 0.2) is 0 Å². The fraction of sp³-hybridized carbons (Fsp3) is 1.00. The first-order valence-electron chi connectivity index (χ1n) is 2.84. The van der Waals surface area contributed by atoms with Crippen LogP contribution in [0.1, 0.15) is 6.42 Å². The highest BCUT2D eigenvalue weighted by Crippen LogP contribution is 2.25. The van der Waals surface area contributed by atoms with E-state index in [4.69, 9.17) is 10.5 Å². The van der Waals surface area contributed by atoms with Crippen molar-refractivity contribution in [2.24, 2.45) is 5.73 Å². The molecule has 1 rings (SSSR count). The molecule has 1 saturated heterocycles. The molecule has 0 amide bonds. The summed E-state index contributed by atoms with van der Waals surface area (Å²) in [6.07, 6.45) is -0.242. The summed E-state index contributed by atoms with van der Waals surface area (Å²) >= 11 is 0. The molecular formula is C5H10ClF2NO. The van der Waals surface area contributed by atoms with Gasteiger partial charge in [-0.25, -0.2) is 8.78 Å². The minimum atomic E-state index is -2.71. The number of nitrogens with two attached hydrogens (primary N) is 1. The average molecular weight is 174 g/mol. The molecule has 2 N–H and O–H groups in total. The molecule has 0 aromatic rings. The summed E-state index contributed by atoms with van der Waals surface area (Å²) in [4.78, 5) is 0. The molecule has 1 heterocycles. The monoisotopic (exact) mass is 173 g/mol. The molecular weight excluding hydrogens is 164 g/mol. The van der Waals surface area contributed by atoms with Gasteiger partial charge in [-0.15, -0.1) is 12.4 Å². The number of hydrogen-bond donors (Lipinski definition) is 1. The molecule has 10 heavy (non-hydrogen) atoms. The van der Waals surface area contributed by atoms with E-state index in [9.17, 15) is 8.78 Å². The van der Waals surface area contributed by atoms with Crippen molar-refractivity contribution in [3.63, 3.8) is 0 Å². The van der Waals surface area contributed by atoms with Gasteiger partial charge in [0.1, 0.15) is 0 Å². The van der Waals surface area contributed by atoms with Gasteiger partial charge in [0, 0.05) is 6.42 Å². The molecule has 1 aliphatic rings. The Labute approximate surface area is 64.1 Å². The minimum absolute atomic E-state index is 0. The average Bonchev–Trinajstić information content (AvgIpc) is 1.77. The van der Waals surface area contributed by atoms with E-state index >= 15 is 0 Å². The van der Waals surface area contributed by atoms with Crippen LogP contribution in [0, 0.1) is 0 Å². The molecule has 0 aromatic heterocycles. The molecule has 1 atom stereocenters. The van der Waals surface area contributed by atoms with Crippen molar-refractivity contribution in [3.05, 3.63) is 0 Å². The molecule has 0 saturated carbocycles. The van der Waals surface area contributed by atoms with Crippen LogP contribution in [-0.4, -0.2) is 25.2 Å². The summed E-state index contributed by atoms with van der Waals surface area (Å²) < 4.78 is 29.5. The first-order chi connectivity index (χ1) is 4.13. The number of ether oxygens (including phenoxy) is 1. The number of rotatable bonds is 0. The van der Waals surface area contributed by atoms with Crippen molar-refractivity contribution in [1.82, 2.24) is 0 Å². The maximum atomic E-state index is 12.4. The first kappa shape index (κ1) is 10.1. The summed E-state index contributed by atoms with van der Waals surface area (Å²) in [5, 5.41) is 0. The number of alkyl halides is 2. The van der Waals surface area contributed by atoms with Gasteiger partial charge in [-0.3, -0.25) is 0 Å². The Bertz CT molecular complexity index is 112. The summed E-state index contributed by atoms with van der Waals surface area (Å²) in [5.74, 6) is -2.71. The van der Waals surface area contributed by atoms with Crippen LogP contribution in [0.3, 0.4) is 0 Å². The smallest absolute Gasteiger partial charge is 0.267 e. The van der Waals surface area contributed by atoms with Gasteiger partial charge in [0.25, 0.3) is 5.92 Å². The normalized spacial score (nSPS) is 30.9. The van der Waals surface area contributed by atoms with Gasteiger partial charge in [0.2, 0.25) is 0 Å². The van der Waals surface area contributed by atoms with E-state index in [0.717, 1.165) is 0 Å². The lowest BCUT2D eigenvalue weighted by molar-refractivity contribution is -0.108. The third kappa shape index (κ3) is 2.04. The Balaban J connectivity index is 0.000000810. The molecule has 5 heteroatoms. The Hall–Kier alpha value is 0.0700. The summed E-state index contributed by atoms with van der Waals surface area (Å²) in [5.41, 5.74) is 5.04. The number of halogens is 3. The molecule has 1 fully saturated rings. The van der Waals surface area contributed by atoms with Crippen LogP contribution in [0.4, 0.5) is 8.78 Å². The highest BCUT2D eigenvalue weighted by Gasteiger charge is 2.39. The fourth-order valence-corrected chi connectivity index (χ4v) is 0.726. The van der Waals surface area contributed by atoms with Crippen LogP contribution < -0.4 is 5.73 Å². The second kappa shape index (κ2) is 3.46. The van der Waals surface area contributed by atoms with Crippen LogP contribution in [0.2, 0.25) is 0 Å². The standard InChI is InChI=1S/C5H9F2NO.ClH/c6-5(7)1-2-9-3-4(5)8;/h4H,1-3,8H2;1H. The van der Waals surface area contributed by atoms with E-state index in [1.54, 1.807) is 0 Å². The molecule has 1 aliphatic heterocycles. The highest BCUT2D eigenvalue weighted by atomic mass is 35.5. The maximum Gasteiger partial charge on any atom is 0.267 e. The van der Waals surface area contributed by atoms with Gasteiger partial charge < -0.3 is 10.5 Å². The lowest BCUT2D eigenvalue weighted by Crippen LogP contribution is -2.48. The van der Waals surface area contributed by atoms with E-state index in [0.29, 0.717) is 0 Å². The van der Waals surface area contributed by atoms with E-state index in [1.165, 1.54) is 0 Å². The van der Waals surface area contributed by atoms with E-state index in [1.807, 2.05) is 0 Å². The largest absolute Gasteiger partial charge is 0.379 e. The highest BCUT2D eigenvalue weighted by molar-refractivity contribution is 5.85. The zero-order valence-corrected chi connectivity index (χ0v) is 6.16. The summed E-state index contributed by atoms with van der Waals surface area (Å²) in [6.45, 7) is 0.105. The summed E-state index contributed by atoms with van der Waals surface area (Å²) in [7, 11) is 0. The van der Waals surface area contributed by atoms with Crippen LogP contribution >= 0.6 is 12.4 Å². The predicted octanol–water partition coefficient (Wildman–Crippen LogP) is 0.791. The van der Waals surface area contributed by atoms with Gasteiger partial charge in [0.05, 0.1) is 19.3 Å². The van der Waals surface area contributed by atoms with Crippen LogP contribution in [0.25, 0.3) is 0 Å². The zero-order chi connectivity index (χ0) is 6.91. The Morgan fingerprint density at radius 1 is 1.50 bits per heavy atom. The first-order valence-corrected chi connectivity index (χ1v) is 2.84. The van der Waals surface area contributed by atoms with Crippen LogP contribution in [0.5, 0.6) is 0 Å². The summed E-state index contributed by atoms with van der Waals surface area (Å²) in [6, 6.07) is -1.11. The SMILES string of the molecule is Cl.NC1COCCC1(F)F. The molecule has 1 unspecified atom stereocenters. The van der Waals surface area contributed by atoms with E-state index < -0.39 is 12.0 Å². The van der Waals surface area contributed by atoms with Crippen molar-refractivity contribution in [2.75, 3.05) is 13.2 Å². The molecule has 2 nitrogen and oxygen atoms in total. The lowest BCUT2D eigenvalue weighted by atomic mass is 10.1. The Kier molecular flexibility index (Phi) is 3.48. The van der Waals surface area contributed by atoms with Crippen LogP contribution in [0.15, 0.2) is 0 Å². The molecule has 0 spiro atoms. The molecule has 62 valence electrons. The van der Waals surface area contributed by atoms with Gasteiger partial charge in [-0.1, -0.05) is 0 Å². The minimum Gasteiger partial charge on any atom is -0.379 e. The Morgan fingerprint density at radius 2 is 2.10 bits per heavy atom. The predicted molar refractivity (Wildman–Crippen MR) is 35.6 cm³/mol. The third-order valence-corrected chi connectivity index (χ3v) is 1.42. The molecule has 0 radical (unpaired) electrons. The van der Waals surface area contributed by atoms with Crippen molar-refractivity contribution < 1.29 is 13.5 Å². The molecule has 0 aromatic carbocycles. The second-order valence-electron chi connectivity index (χ2n) is 2.19. The van der Waals surface area contributed by atoms with Gasteiger partial charge in [-0.2, -0.15) is 0 Å². The van der Waals surface area contributed by atoms with Crippen molar-refractivity contribution in [2.45, 2.75) is 18.4 Å². The molecule has 0 aliphatic carbocycles. The Morgan fingerprint density at radius 3 is 2.40 bits per heavy atom. The maximum absolute atomic E-state index is 12.4. The quantitative estimate of drug-likeness (QED) is 0.588. The zero-order valence-electron chi connectivity index (χ0n) is 5.35. The number of hydrogen-bond acceptors (Lipinski definition) is 2. The topological polar surface area (TPSA) is 35.2 Å². The van der Waals surface area contributed by atoms with Crippen molar-refractivity contribution in [1.29, 1.82) is 0 Å². The molecule has 0 bridgehead atoms. The van der Waals surface area contributed by atoms with E-state index in [-0.39, 0.29) is 32.0 Å². The lowest BCUT2D eigenvalue weighted by Gasteiger charge is -2.27. The third-order valence-electron chi connectivity index (χ3n) is 1.42. The van der Waals surface area contributed by atoms with Crippen LogP contribution in [-0.2, 0) is 4.74 Å². The van der Waals surface area contributed by atoms with Gasteiger partial charge in [-0.05, 0) is 0 Å². The van der Waals surface area contributed by atoms with Crippen molar-refractivity contribution >= 4 is 12.4 Å². The van der Waals surface area contributed by atoms with E-state index in [2.05, 4.69) is 0 Å². The fourth-order valence-electron chi connectivity index (χ4n) is 0.726.